The lowest BCUT2D eigenvalue weighted by Gasteiger charge is -2.35. The molecule has 1 aliphatic heterocycles. The van der Waals surface area contributed by atoms with E-state index in [0.717, 1.165) is 19.6 Å². The second kappa shape index (κ2) is 6.16. The lowest BCUT2D eigenvalue weighted by Crippen LogP contribution is -2.47. The Morgan fingerprint density at radius 2 is 2.16 bits per heavy atom. The van der Waals surface area contributed by atoms with Crippen LogP contribution in [-0.4, -0.2) is 54.4 Å². The summed E-state index contributed by atoms with van der Waals surface area (Å²) in [6.45, 7) is 9.14. The van der Waals surface area contributed by atoms with Crippen molar-refractivity contribution >= 4 is 5.91 Å². The predicted molar refractivity (Wildman–Crippen MR) is 70.0 cm³/mol. The van der Waals surface area contributed by atoms with Gasteiger partial charge in [0.1, 0.15) is 0 Å². The number of ether oxygens (including phenoxy) is 1. The van der Waals surface area contributed by atoms with Crippen LogP contribution in [0.5, 0.6) is 0 Å². The smallest absolute Gasteiger partial charge is 0.289 e. The molecule has 1 N–H and O–H groups in total. The van der Waals surface area contributed by atoms with Crippen LogP contribution in [-0.2, 0) is 4.74 Å². The van der Waals surface area contributed by atoms with Crippen molar-refractivity contribution in [1.29, 1.82) is 0 Å². The lowest BCUT2D eigenvalue weighted by molar-refractivity contribution is -0.0672. The summed E-state index contributed by atoms with van der Waals surface area (Å²) in [5.74, 6) is 0.0520. The van der Waals surface area contributed by atoms with Crippen molar-refractivity contribution in [2.24, 2.45) is 0 Å². The Morgan fingerprint density at radius 3 is 2.74 bits per heavy atom. The number of hydrogen-bond donors (Lipinski definition) is 1. The fourth-order valence-electron chi connectivity index (χ4n) is 2.35. The third-order valence-electron chi connectivity index (χ3n) is 3.06. The number of amides is 1. The first-order valence-corrected chi connectivity index (χ1v) is 6.64. The minimum absolute atomic E-state index is 0.213. The second-order valence-electron chi connectivity index (χ2n) is 5.11. The Balaban J connectivity index is 1.73. The summed E-state index contributed by atoms with van der Waals surface area (Å²) in [4.78, 5) is 14.0. The molecule has 0 bridgehead atoms. The summed E-state index contributed by atoms with van der Waals surface area (Å²) in [6.07, 6.45) is 0.493. The van der Waals surface area contributed by atoms with E-state index in [1.807, 2.05) is 0 Å². The van der Waals surface area contributed by atoms with Crippen molar-refractivity contribution in [3.8, 4) is 0 Å². The molecule has 0 aliphatic carbocycles. The highest BCUT2D eigenvalue weighted by Gasteiger charge is 2.21. The molecule has 1 aliphatic rings. The van der Waals surface area contributed by atoms with E-state index >= 15 is 0 Å². The van der Waals surface area contributed by atoms with Crippen molar-refractivity contribution in [1.82, 2.24) is 15.4 Å². The minimum Gasteiger partial charge on any atom is -0.373 e. The van der Waals surface area contributed by atoms with Crippen molar-refractivity contribution < 1.29 is 14.1 Å². The highest BCUT2D eigenvalue weighted by molar-refractivity contribution is 5.91. The number of aromatic nitrogens is 1. The van der Waals surface area contributed by atoms with Crippen LogP contribution < -0.4 is 5.32 Å². The summed E-state index contributed by atoms with van der Waals surface area (Å²) in [7, 11) is 0. The normalized spacial score (nSPS) is 24.4. The predicted octanol–water partition coefficient (Wildman–Crippen LogP) is 0.822. The third-order valence-corrected chi connectivity index (χ3v) is 3.06. The zero-order valence-corrected chi connectivity index (χ0v) is 11.7. The van der Waals surface area contributed by atoms with Gasteiger partial charge in [0.05, 0.1) is 17.9 Å². The number of aryl methyl sites for hydroxylation is 1. The Kier molecular flexibility index (Phi) is 4.55. The van der Waals surface area contributed by atoms with Crippen molar-refractivity contribution in [2.45, 2.75) is 33.0 Å². The molecule has 1 fully saturated rings. The van der Waals surface area contributed by atoms with Crippen molar-refractivity contribution in [3.63, 3.8) is 0 Å². The number of nitrogens with one attached hydrogen (secondary N) is 1. The Labute approximate surface area is 113 Å². The number of rotatable bonds is 4. The molecule has 106 valence electrons. The van der Waals surface area contributed by atoms with Crippen LogP contribution in [0.15, 0.2) is 10.6 Å². The molecule has 0 saturated carbocycles. The van der Waals surface area contributed by atoms with Gasteiger partial charge in [-0.15, -0.1) is 0 Å². The molecule has 1 saturated heterocycles. The Morgan fingerprint density at radius 1 is 1.47 bits per heavy atom. The van der Waals surface area contributed by atoms with E-state index in [1.54, 1.807) is 13.0 Å². The summed E-state index contributed by atoms with van der Waals surface area (Å²) in [6, 6.07) is 1.63. The van der Waals surface area contributed by atoms with Gasteiger partial charge >= 0.3 is 0 Å². The first-order chi connectivity index (χ1) is 9.04. The fraction of sp³-hybridized carbons (Fsp3) is 0.692. The van der Waals surface area contributed by atoms with Crippen molar-refractivity contribution in [3.05, 3.63) is 17.5 Å². The Bertz CT molecular complexity index is 423. The molecule has 0 spiro atoms. The quantitative estimate of drug-likeness (QED) is 0.875. The van der Waals surface area contributed by atoms with Crippen LogP contribution in [0, 0.1) is 6.92 Å². The highest BCUT2D eigenvalue weighted by Crippen LogP contribution is 2.09. The second-order valence-corrected chi connectivity index (χ2v) is 5.11. The van der Waals surface area contributed by atoms with Gasteiger partial charge in [0.2, 0.25) is 5.76 Å². The van der Waals surface area contributed by atoms with Gasteiger partial charge in [-0.05, 0) is 20.8 Å². The van der Waals surface area contributed by atoms with E-state index < -0.39 is 0 Å². The summed E-state index contributed by atoms with van der Waals surface area (Å²) in [5.41, 5.74) is 0.709. The molecular weight excluding hydrogens is 246 g/mol. The summed E-state index contributed by atoms with van der Waals surface area (Å²) >= 11 is 0. The third kappa shape index (κ3) is 4.04. The SMILES string of the molecule is Cc1cc(C(=O)NCCN2C[C@H](C)O[C@@H](C)C2)on1. The van der Waals surface area contributed by atoms with Gasteiger partial charge in [-0.3, -0.25) is 9.69 Å². The molecule has 2 atom stereocenters. The van der Waals surface area contributed by atoms with E-state index in [-0.39, 0.29) is 23.9 Å². The van der Waals surface area contributed by atoms with Crippen LogP contribution in [0.25, 0.3) is 0 Å². The number of carbonyl (C=O) groups excluding carboxylic acids is 1. The fourth-order valence-corrected chi connectivity index (χ4v) is 2.35. The molecule has 19 heavy (non-hydrogen) atoms. The van der Waals surface area contributed by atoms with Gasteiger partial charge < -0.3 is 14.6 Å². The maximum absolute atomic E-state index is 11.7. The monoisotopic (exact) mass is 267 g/mol. The molecule has 0 unspecified atom stereocenters. The van der Waals surface area contributed by atoms with Gasteiger partial charge in [-0.1, -0.05) is 5.16 Å². The molecule has 6 heteroatoms. The largest absolute Gasteiger partial charge is 0.373 e. The van der Waals surface area contributed by atoms with E-state index in [9.17, 15) is 4.79 Å². The highest BCUT2D eigenvalue weighted by atomic mass is 16.5. The van der Waals surface area contributed by atoms with Crippen LogP contribution in [0.1, 0.15) is 30.1 Å². The van der Waals surface area contributed by atoms with E-state index in [1.165, 1.54) is 0 Å². The minimum atomic E-state index is -0.213. The number of morpholine rings is 1. The van der Waals surface area contributed by atoms with Gasteiger partial charge in [0, 0.05) is 32.2 Å². The van der Waals surface area contributed by atoms with Crippen molar-refractivity contribution in [2.75, 3.05) is 26.2 Å². The van der Waals surface area contributed by atoms with Gasteiger partial charge in [0.15, 0.2) is 0 Å². The van der Waals surface area contributed by atoms with E-state index in [4.69, 9.17) is 9.26 Å². The van der Waals surface area contributed by atoms with E-state index in [0.29, 0.717) is 12.2 Å². The topological polar surface area (TPSA) is 67.6 Å². The zero-order chi connectivity index (χ0) is 13.8. The standard InChI is InChI=1S/C13H21N3O3/c1-9-6-12(19-15-9)13(17)14-4-5-16-7-10(2)18-11(3)8-16/h6,10-11H,4-5,7-8H2,1-3H3,(H,14,17)/t10-,11-/m0/s1. The van der Waals surface area contributed by atoms with Gasteiger partial charge in [0.25, 0.3) is 5.91 Å². The molecule has 6 nitrogen and oxygen atoms in total. The number of hydrogen-bond acceptors (Lipinski definition) is 5. The van der Waals surface area contributed by atoms with Crippen LogP contribution in [0.2, 0.25) is 0 Å². The molecular formula is C13H21N3O3. The first-order valence-electron chi connectivity index (χ1n) is 6.64. The maximum Gasteiger partial charge on any atom is 0.289 e. The number of nitrogens with zero attached hydrogens (tertiary/aromatic N) is 2. The van der Waals surface area contributed by atoms with E-state index in [2.05, 4.69) is 29.2 Å². The summed E-state index contributed by atoms with van der Waals surface area (Å²) in [5, 5.41) is 6.53. The van der Waals surface area contributed by atoms with Gasteiger partial charge in [-0.25, -0.2) is 0 Å². The van der Waals surface area contributed by atoms with Crippen LogP contribution in [0.3, 0.4) is 0 Å². The van der Waals surface area contributed by atoms with Crippen LogP contribution >= 0.6 is 0 Å². The average molecular weight is 267 g/mol. The molecule has 2 rings (SSSR count). The maximum atomic E-state index is 11.7. The number of carbonyl (C=O) groups is 1. The molecule has 1 amide bonds. The molecule has 2 heterocycles. The molecule has 0 radical (unpaired) electrons. The molecule has 1 aromatic rings. The molecule has 0 aromatic carbocycles. The lowest BCUT2D eigenvalue weighted by atomic mass is 10.2. The van der Waals surface area contributed by atoms with Crippen LogP contribution in [0.4, 0.5) is 0 Å². The van der Waals surface area contributed by atoms with Gasteiger partial charge in [-0.2, -0.15) is 0 Å². The summed E-state index contributed by atoms with van der Waals surface area (Å²) < 4.78 is 10.6. The average Bonchev–Trinajstić information content (AvgIpc) is 2.74. The Hall–Kier alpha value is -1.40. The first kappa shape index (κ1) is 14.0. The molecule has 1 aromatic heterocycles. The zero-order valence-electron chi connectivity index (χ0n) is 11.7.